The summed E-state index contributed by atoms with van der Waals surface area (Å²) >= 11 is 11.9. The van der Waals surface area contributed by atoms with Gasteiger partial charge in [-0.3, -0.25) is 0 Å². The van der Waals surface area contributed by atoms with Gasteiger partial charge in [-0.15, -0.1) is 0 Å². The highest BCUT2D eigenvalue weighted by atomic mass is 35.5. The normalized spacial score (nSPS) is 15.0. The molecule has 0 aliphatic rings. The van der Waals surface area contributed by atoms with Crippen LogP contribution < -0.4 is 5.73 Å². The van der Waals surface area contributed by atoms with E-state index >= 15 is 0 Å². The summed E-state index contributed by atoms with van der Waals surface area (Å²) in [6.07, 6.45) is 0.999. The first-order valence-corrected chi connectivity index (χ1v) is 5.56. The minimum absolute atomic E-state index is 0.450. The minimum Gasteiger partial charge on any atom is -0.390 e. The van der Waals surface area contributed by atoms with Crippen LogP contribution in [0.25, 0.3) is 0 Å². The second-order valence-corrected chi connectivity index (χ2v) is 4.79. The van der Waals surface area contributed by atoms with Crippen LogP contribution in [0.4, 0.5) is 0 Å². The Morgan fingerprint density at radius 2 is 2.07 bits per heavy atom. The molecule has 0 saturated heterocycles. The molecule has 1 atom stereocenters. The highest BCUT2D eigenvalue weighted by Gasteiger charge is 2.21. The monoisotopic (exact) mass is 247 g/mol. The summed E-state index contributed by atoms with van der Waals surface area (Å²) in [5.41, 5.74) is 5.44. The zero-order chi connectivity index (χ0) is 11.5. The standard InChI is InChI=1S/C11H15Cl2NO/c1-11(15,4-5-14)7-8-6-9(12)2-3-10(8)13/h2-3,6,15H,4-5,7,14H2,1H3. The molecule has 15 heavy (non-hydrogen) atoms. The number of halogens is 2. The summed E-state index contributed by atoms with van der Waals surface area (Å²) in [7, 11) is 0. The van der Waals surface area contributed by atoms with Gasteiger partial charge in [0.05, 0.1) is 5.60 Å². The third kappa shape index (κ3) is 3.99. The van der Waals surface area contributed by atoms with Crippen molar-refractivity contribution >= 4 is 23.2 Å². The Labute approximate surface area is 100.0 Å². The van der Waals surface area contributed by atoms with Crippen LogP contribution in [0.5, 0.6) is 0 Å². The molecular weight excluding hydrogens is 233 g/mol. The number of hydrogen-bond donors (Lipinski definition) is 2. The number of hydrogen-bond acceptors (Lipinski definition) is 2. The maximum absolute atomic E-state index is 10.0. The maximum Gasteiger partial charge on any atom is 0.0672 e. The Morgan fingerprint density at radius 3 is 2.67 bits per heavy atom. The van der Waals surface area contributed by atoms with Gasteiger partial charge in [-0.2, -0.15) is 0 Å². The first-order chi connectivity index (χ1) is 6.94. The third-order valence-electron chi connectivity index (χ3n) is 2.26. The quantitative estimate of drug-likeness (QED) is 0.860. The first-order valence-electron chi connectivity index (χ1n) is 4.81. The fourth-order valence-corrected chi connectivity index (χ4v) is 1.87. The zero-order valence-electron chi connectivity index (χ0n) is 8.63. The highest BCUT2D eigenvalue weighted by molar-refractivity contribution is 6.33. The summed E-state index contributed by atoms with van der Waals surface area (Å²) in [4.78, 5) is 0. The van der Waals surface area contributed by atoms with Crippen LogP contribution in [-0.2, 0) is 6.42 Å². The average molecular weight is 248 g/mol. The molecular formula is C11H15Cl2NO. The summed E-state index contributed by atoms with van der Waals surface area (Å²) in [6.45, 7) is 2.20. The van der Waals surface area contributed by atoms with E-state index in [-0.39, 0.29) is 0 Å². The van der Waals surface area contributed by atoms with Gasteiger partial charge >= 0.3 is 0 Å². The Morgan fingerprint density at radius 1 is 1.40 bits per heavy atom. The molecule has 0 saturated carbocycles. The molecule has 2 nitrogen and oxygen atoms in total. The van der Waals surface area contributed by atoms with Crippen molar-refractivity contribution < 1.29 is 5.11 Å². The molecule has 0 spiro atoms. The van der Waals surface area contributed by atoms with Crippen molar-refractivity contribution in [2.75, 3.05) is 6.54 Å². The van der Waals surface area contributed by atoms with Gasteiger partial charge in [0, 0.05) is 16.5 Å². The highest BCUT2D eigenvalue weighted by Crippen LogP contribution is 2.25. The zero-order valence-corrected chi connectivity index (χ0v) is 10.1. The van der Waals surface area contributed by atoms with E-state index in [0.29, 0.717) is 29.4 Å². The van der Waals surface area contributed by atoms with Crippen molar-refractivity contribution in [2.24, 2.45) is 5.73 Å². The molecule has 1 aromatic rings. The van der Waals surface area contributed by atoms with E-state index in [9.17, 15) is 5.11 Å². The van der Waals surface area contributed by atoms with Gasteiger partial charge in [0.15, 0.2) is 0 Å². The van der Waals surface area contributed by atoms with E-state index in [1.54, 1.807) is 25.1 Å². The van der Waals surface area contributed by atoms with Gasteiger partial charge in [-0.1, -0.05) is 23.2 Å². The fourth-order valence-electron chi connectivity index (χ4n) is 1.49. The summed E-state index contributed by atoms with van der Waals surface area (Å²) in [5.74, 6) is 0. The molecule has 0 aliphatic heterocycles. The SMILES string of the molecule is CC(O)(CCN)Cc1cc(Cl)ccc1Cl. The molecule has 0 bridgehead atoms. The minimum atomic E-state index is -0.830. The fraction of sp³-hybridized carbons (Fsp3) is 0.455. The molecule has 0 heterocycles. The summed E-state index contributed by atoms with van der Waals surface area (Å²) < 4.78 is 0. The molecule has 0 fully saturated rings. The molecule has 3 N–H and O–H groups in total. The van der Waals surface area contributed by atoms with Crippen molar-refractivity contribution in [1.29, 1.82) is 0 Å². The van der Waals surface area contributed by atoms with E-state index < -0.39 is 5.60 Å². The van der Waals surface area contributed by atoms with E-state index in [4.69, 9.17) is 28.9 Å². The van der Waals surface area contributed by atoms with Crippen LogP contribution in [0.15, 0.2) is 18.2 Å². The van der Waals surface area contributed by atoms with E-state index in [2.05, 4.69) is 0 Å². The van der Waals surface area contributed by atoms with Crippen molar-refractivity contribution in [3.8, 4) is 0 Å². The van der Waals surface area contributed by atoms with E-state index in [1.165, 1.54) is 0 Å². The molecule has 1 aromatic carbocycles. The maximum atomic E-state index is 10.0. The predicted octanol–water partition coefficient (Wildman–Crippen LogP) is 2.64. The molecule has 1 rings (SSSR count). The number of benzene rings is 1. The Bertz CT molecular complexity index is 339. The topological polar surface area (TPSA) is 46.2 Å². The number of aliphatic hydroxyl groups is 1. The van der Waals surface area contributed by atoms with E-state index in [0.717, 1.165) is 5.56 Å². The largest absolute Gasteiger partial charge is 0.390 e. The van der Waals surface area contributed by atoms with Crippen molar-refractivity contribution in [3.05, 3.63) is 33.8 Å². The van der Waals surface area contributed by atoms with Crippen LogP contribution in [0, 0.1) is 0 Å². The smallest absolute Gasteiger partial charge is 0.0672 e. The van der Waals surface area contributed by atoms with Crippen LogP contribution in [0.3, 0.4) is 0 Å². The molecule has 1 unspecified atom stereocenters. The van der Waals surface area contributed by atoms with Crippen molar-refractivity contribution in [3.63, 3.8) is 0 Å². The lowest BCUT2D eigenvalue weighted by Gasteiger charge is -2.23. The Kier molecular flexibility index (Phi) is 4.41. The lowest BCUT2D eigenvalue weighted by atomic mass is 9.93. The predicted molar refractivity (Wildman–Crippen MR) is 64.5 cm³/mol. The van der Waals surface area contributed by atoms with Crippen LogP contribution >= 0.6 is 23.2 Å². The van der Waals surface area contributed by atoms with Gasteiger partial charge in [0.1, 0.15) is 0 Å². The van der Waals surface area contributed by atoms with Gasteiger partial charge < -0.3 is 10.8 Å². The second kappa shape index (κ2) is 5.17. The first kappa shape index (κ1) is 12.8. The molecule has 0 amide bonds. The Hall–Kier alpha value is -0.280. The van der Waals surface area contributed by atoms with Crippen molar-refractivity contribution in [2.45, 2.75) is 25.4 Å². The van der Waals surface area contributed by atoms with Crippen LogP contribution in [0.1, 0.15) is 18.9 Å². The van der Waals surface area contributed by atoms with Gasteiger partial charge in [0.2, 0.25) is 0 Å². The van der Waals surface area contributed by atoms with Crippen LogP contribution in [-0.4, -0.2) is 17.3 Å². The summed E-state index contributed by atoms with van der Waals surface area (Å²) in [6, 6.07) is 5.23. The molecule has 0 aromatic heterocycles. The number of rotatable bonds is 4. The van der Waals surface area contributed by atoms with Crippen molar-refractivity contribution in [1.82, 2.24) is 0 Å². The molecule has 84 valence electrons. The third-order valence-corrected chi connectivity index (χ3v) is 2.87. The summed E-state index contributed by atoms with van der Waals surface area (Å²) in [5, 5.41) is 11.2. The van der Waals surface area contributed by atoms with Gasteiger partial charge in [-0.25, -0.2) is 0 Å². The Balaban J connectivity index is 2.83. The van der Waals surface area contributed by atoms with Crippen LogP contribution in [0.2, 0.25) is 10.0 Å². The van der Waals surface area contributed by atoms with Gasteiger partial charge in [0.25, 0.3) is 0 Å². The lowest BCUT2D eigenvalue weighted by molar-refractivity contribution is 0.0539. The number of nitrogens with two attached hydrogens (primary N) is 1. The average Bonchev–Trinajstić information content (AvgIpc) is 2.10. The molecule has 0 radical (unpaired) electrons. The second-order valence-electron chi connectivity index (χ2n) is 3.95. The lowest BCUT2D eigenvalue weighted by Crippen LogP contribution is -2.30. The molecule has 0 aliphatic carbocycles. The molecule has 4 heteroatoms. The van der Waals surface area contributed by atoms with E-state index in [1.807, 2.05) is 0 Å². The van der Waals surface area contributed by atoms with Gasteiger partial charge in [-0.05, 0) is 43.7 Å².